The minimum atomic E-state index is -0.321. The lowest BCUT2D eigenvalue weighted by molar-refractivity contribution is -0.134. The number of carbonyl (C=O) groups is 1. The highest BCUT2D eigenvalue weighted by atomic mass is 32.1. The van der Waals surface area contributed by atoms with Gasteiger partial charge in [0.2, 0.25) is 11.0 Å². The molecule has 1 amide bonds. The molecule has 26 heavy (non-hydrogen) atoms. The summed E-state index contributed by atoms with van der Waals surface area (Å²) in [4.78, 5) is 17.1. The van der Waals surface area contributed by atoms with Gasteiger partial charge in [-0.15, -0.1) is 10.2 Å². The zero-order chi connectivity index (χ0) is 18.0. The molecule has 0 N–H and O–H groups in total. The summed E-state index contributed by atoms with van der Waals surface area (Å²) in [5.74, 6) is 0.204. The maximum Gasteiger partial charge on any atom is 0.225 e. The Morgan fingerprint density at radius 1 is 1.23 bits per heavy atom. The zero-order valence-electron chi connectivity index (χ0n) is 15.1. The summed E-state index contributed by atoms with van der Waals surface area (Å²) in [6.07, 6.45) is 2.19. The van der Waals surface area contributed by atoms with E-state index in [0.29, 0.717) is 26.1 Å². The molecule has 1 aromatic carbocycles. The van der Waals surface area contributed by atoms with Crippen LogP contribution in [0.25, 0.3) is 0 Å². The SMILES string of the molecule is Cc1ccccc1CN1CCOC2(CCN(c3nncs3)CC2)CC1=O. The van der Waals surface area contributed by atoms with Crippen molar-refractivity contribution in [2.45, 2.75) is 38.3 Å². The lowest BCUT2D eigenvalue weighted by Gasteiger charge is -2.40. The van der Waals surface area contributed by atoms with E-state index in [9.17, 15) is 4.79 Å². The van der Waals surface area contributed by atoms with E-state index >= 15 is 0 Å². The quantitative estimate of drug-likeness (QED) is 0.829. The van der Waals surface area contributed by atoms with Gasteiger partial charge in [0.15, 0.2) is 0 Å². The Kier molecular flexibility index (Phi) is 4.91. The Morgan fingerprint density at radius 2 is 2.04 bits per heavy atom. The lowest BCUT2D eigenvalue weighted by Crippen LogP contribution is -2.47. The van der Waals surface area contributed by atoms with E-state index in [4.69, 9.17) is 4.74 Å². The van der Waals surface area contributed by atoms with Crippen molar-refractivity contribution in [1.29, 1.82) is 0 Å². The second-order valence-electron chi connectivity index (χ2n) is 7.16. The fourth-order valence-corrected chi connectivity index (χ4v) is 4.44. The molecule has 4 rings (SSSR count). The first kappa shape index (κ1) is 17.4. The molecule has 0 bridgehead atoms. The molecule has 2 aromatic rings. The molecular formula is C19H24N4O2S. The van der Waals surface area contributed by atoms with Gasteiger partial charge in [-0.3, -0.25) is 4.79 Å². The molecule has 2 saturated heterocycles. The highest BCUT2D eigenvalue weighted by molar-refractivity contribution is 7.13. The molecule has 2 fully saturated rings. The molecule has 2 aliphatic heterocycles. The van der Waals surface area contributed by atoms with E-state index < -0.39 is 0 Å². The third kappa shape index (κ3) is 3.59. The molecular weight excluding hydrogens is 348 g/mol. The summed E-state index contributed by atoms with van der Waals surface area (Å²) >= 11 is 1.56. The van der Waals surface area contributed by atoms with Crippen LogP contribution in [0.1, 0.15) is 30.4 Å². The van der Waals surface area contributed by atoms with E-state index in [1.54, 1.807) is 16.8 Å². The third-order valence-electron chi connectivity index (χ3n) is 5.51. The van der Waals surface area contributed by atoms with Gasteiger partial charge in [-0.2, -0.15) is 0 Å². The molecule has 7 heteroatoms. The minimum absolute atomic E-state index is 0.204. The average molecular weight is 372 g/mol. The topological polar surface area (TPSA) is 58.6 Å². The molecule has 0 atom stereocenters. The summed E-state index contributed by atoms with van der Waals surface area (Å²) in [5.41, 5.74) is 3.88. The van der Waals surface area contributed by atoms with Crippen LogP contribution in [-0.2, 0) is 16.1 Å². The van der Waals surface area contributed by atoms with Gasteiger partial charge in [0.05, 0.1) is 18.6 Å². The third-order valence-corrected chi connectivity index (χ3v) is 6.26. The van der Waals surface area contributed by atoms with E-state index in [-0.39, 0.29) is 11.5 Å². The molecule has 1 aromatic heterocycles. The van der Waals surface area contributed by atoms with E-state index in [1.165, 1.54) is 11.1 Å². The summed E-state index contributed by atoms with van der Waals surface area (Å²) in [6.45, 7) is 5.76. The van der Waals surface area contributed by atoms with Gasteiger partial charge in [0.25, 0.3) is 0 Å². The monoisotopic (exact) mass is 372 g/mol. The van der Waals surface area contributed by atoms with Gasteiger partial charge in [0, 0.05) is 26.2 Å². The van der Waals surface area contributed by atoms with Crippen molar-refractivity contribution >= 4 is 22.4 Å². The van der Waals surface area contributed by atoms with Crippen LogP contribution >= 0.6 is 11.3 Å². The number of hydrogen-bond acceptors (Lipinski definition) is 6. The fourth-order valence-electron chi connectivity index (χ4n) is 3.83. The van der Waals surface area contributed by atoms with Gasteiger partial charge >= 0.3 is 0 Å². The predicted molar refractivity (Wildman–Crippen MR) is 101 cm³/mol. The first-order valence-corrected chi connectivity index (χ1v) is 10.0. The Labute approximate surface area is 157 Å². The van der Waals surface area contributed by atoms with Gasteiger partial charge in [-0.05, 0) is 30.9 Å². The van der Waals surface area contributed by atoms with Gasteiger partial charge in [-0.25, -0.2) is 0 Å². The highest BCUT2D eigenvalue weighted by Crippen LogP contribution is 2.34. The summed E-state index contributed by atoms with van der Waals surface area (Å²) < 4.78 is 6.24. The highest BCUT2D eigenvalue weighted by Gasteiger charge is 2.41. The van der Waals surface area contributed by atoms with Gasteiger partial charge < -0.3 is 14.5 Å². The largest absolute Gasteiger partial charge is 0.372 e. The van der Waals surface area contributed by atoms with Crippen LogP contribution in [0.2, 0.25) is 0 Å². The first-order valence-electron chi connectivity index (χ1n) is 9.13. The smallest absolute Gasteiger partial charge is 0.225 e. The van der Waals surface area contributed by atoms with Gasteiger partial charge in [-0.1, -0.05) is 35.6 Å². The lowest BCUT2D eigenvalue weighted by atomic mass is 9.87. The summed E-state index contributed by atoms with van der Waals surface area (Å²) in [7, 11) is 0. The van der Waals surface area contributed by atoms with Crippen molar-refractivity contribution in [3.05, 3.63) is 40.9 Å². The molecule has 0 unspecified atom stereocenters. The van der Waals surface area contributed by atoms with E-state index in [2.05, 4.69) is 34.2 Å². The maximum atomic E-state index is 12.9. The number of ether oxygens (including phenoxy) is 1. The summed E-state index contributed by atoms with van der Waals surface area (Å²) in [5, 5.41) is 9.03. The van der Waals surface area contributed by atoms with E-state index in [0.717, 1.165) is 31.1 Å². The number of piperidine rings is 1. The minimum Gasteiger partial charge on any atom is -0.372 e. The molecule has 0 aliphatic carbocycles. The molecule has 2 aliphatic rings. The van der Waals surface area contributed by atoms with Crippen LogP contribution in [0.3, 0.4) is 0 Å². The standard InChI is InChI=1S/C19H24N4O2S/c1-15-4-2-3-5-16(15)13-23-10-11-25-19(12-17(23)24)6-8-22(9-7-19)18-21-20-14-26-18/h2-5,14H,6-13H2,1H3. The normalized spacial score (nSPS) is 20.4. The molecule has 138 valence electrons. The Hall–Kier alpha value is -1.99. The molecule has 0 radical (unpaired) electrons. The summed E-state index contributed by atoms with van der Waals surface area (Å²) in [6, 6.07) is 8.27. The number of rotatable bonds is 3. The Bertz CT molecular complexity index is 757. The van der Waals surface area contributed by atoms with Crippen LogP contribution in [0, 0.1) is 6.92 Å². The second-order valence-corrected chi connectivity index (χ2v) is 7.97. The van der Waals surface area contributed by atoms with Crippen molar-refractivity contribution in [1.82, 2.24) is 15.1 Å². The van der Waals surface area contributed by atoms with Crippen LogP contribution in [-0.4, -0.2) is 52.8 Å². The number of carbonyl (C=O) groups excluding carboxylic acids is 1. The predicted octanol–water partition coefficient (Wildman–Crippen LogP) is 2.63. The average Bonchev–Trinajstić information content (AvgIpc) is 3.13. The van der Waals surface area contributed by atoms with Crippen LogP contribution < -0.4 is 4.90 Å². The molecule has 6 nitrogen and oxygen atoms in total. The van der Waals surface area contributed by atoms with Crippen LogP contribution in [0.4, 0.5) is 5.13 Å². The van der Waals surface area contributed by atoms with Crippen molar-refractivity contribution < 1.29 is 9.53 Å². The number of hydrogen-bond donors (Lipinski definition) is 0. The molecule has 1 spiro atoms. The Balaban J connectivity index is 1.41. The number of nitrogens with zero attached hydrogens (tertiary/aromatic N) is 4. The zero-order valence-corrected chi connectivity index (χ0v) is 15.9. The van der Waals surface area contributed by atoms with Crippen molar-refractivity contribution in [3.8, 4) is 0 Å². The van der Waals surface area contributed by atoms with Crippen molar-refractivity contribution in [3.63, 3.8) is 0 Å². The second kappa shape index (κ2) is 7.32. The van der Waals surface area contributed by atoms with Crippen LogP contribution in [0.15, 0.2) is 29.8 Å². The number of amides is 1. The van der Waals surface area contributed by atoms with Crippen molar-refractivity contribution in [2.75, 3.05) is 31.1 Å². The van der Waals surface area contributed by atoms with E-state index in [1.807, 2.05) is 17.0 Å². The first-order chi connectivity index (χ1) is 12.7. The number of anilines is 1. The number of aryl methyl sites for hydroxylation is 1. The van der Waals surface area contributed by atoms with Crippen molar-refractivity contribution in [2.24, 2.45) is 0 Å². The van der Waals surface area contributed by atoms with Crippen LogP contribution in [0.5, 0.6) is 0 Å². The van der Waals surface area contributed by atoms with Gasteiger partial charge in [0.1, 0.15) is 5.51 Å². The fraction of sp³-hybridized carbons (Fsp3) is 0.526. The number of aromatic nitrogens is 2. The Morgan fingerprint density at radius 3 is 2.77 bits per heavy atom. The molecule has 3 heterocycles. The molecule has 0 saturated carbocycles. The maximum absolute atomic E-state index is 12.9. The number of benzene rings is 1.